The summed E-state index contributed by atoms with van der Waals surface area (Å²) in [5, 5.41) is 19.0. The predicted octanol–water partition coefficient (Wildman–Crippen LogP) is 2.13. The molecule has 0 aliphatic rings. The fraction of sp³-hybridized carbons (Fsp3) is 0.375. The quantitative estimate of drug-likeness (QED) is 0.855. The number of hydrogen-bond donors (Lipinski definition) is 2. The van der Waals surface area contributed by atoms with E-state index in [9.17, 15) is 14.3 Å². The van der Waals surface area contributed by atoms with Crippen molar-refractivity contribution in [3.8, 4) is 0 Å². The summed E-state index contributed by atoms with van der Waals surface area (Å²) in [7, 11) is 0. The number of benzene rings is 1. The molecule has 0 aliphatic heterocycles. The van der Waals surface area contributed by atoms with Gasteiger partial charge in [0, 0.05) is 29.7 Å². The lowest BCUT2D eigenvalue weighted by Gasteiger charge is -2.27. The zero-order valence-corrected chi connectivity index (χ0v) is 12.6. The monoisotopic (exact) mass is 306 g/mol. The Morgan fingerprint density at radius 3 is 2.73 bits per heavy atom. The Labute approximate surface area is 128 Å². The molecule has 0 saturated carbocycles. The van der Waals surface area contributed by atoms with Gasteiger partial charge in [-0.25, -0.2) is 4.39 Å². The Morgan fingerprint density at radius 2 is 2.14 bits per heavy atom. The maximum absolute atomic E-state index is 13.7. The first-order chi connectivity index (χ1) is 10.5. The van der Waals surface area contributed by atoms with E-state index in [-0.39, 0.29) is 13.0 Å². The van der Waals surface area contributed by atoms with E-state index < -0.39 is 11.8 Å². The maximum Gasteiger partial charge on any atom is 0.307 e. The van der Waals surface area contributed by atoms with Crippen LogP contribution >= 0.6 is 0 Å². The minimum atomic E-state index is -0.970. The number of aliphatic hydroxyl groups is 1. The van der Waals surface area contributed by atoms with Gasteiger partial charge in [0.15, 0.2) is 0 Å². The molecule has 1 heterocycles. The van der Waals surface area contributed by atoms with E-state index in [0.29, 0.717) is 40.9 Å². The van der Waals surface area contributed by atoms with E-state index in [0.717, 1.165) is 0 Å². The Hall–Kier alpha value is -2.21. The van der Waals surface area contributed by atoms with Crippen LogP contribution in [0.25, 0.3) is 10.9 Å². The fourth-order valence-corrected chi connectivity index (χ4v) is 2.65. The smallest absolute Gasteiger partial charge is 0.307 e. The topological polar surface area (TPSA) is 73.7 Å². The first-order valence-electron chi connectivity index (χ1n) is 7.14. The number of aryl methyl sites for hydroxylation is 1. The van der Waals surface area contributed by atoms with E-state index >= 15 is 0 Å². The number of nitrogens with zero attached hydrogens (tertiary/aromatic N) is 2. The highest BCUT2D eigenvalue weighted by atomic mass is 19.1. The number of aliphatic carboxylic acids is 1. The number of aromatic nitrogens is 1. The van der Waals surface area contributed by atoms with Crippen molar-refractivity contribution in [2.45, 2.75) is 20.3 Å². The van der Waals surface area contributed by atoms with E-state index in [1.165, 1.54) is 12.1 Å². The summed E-state index contributed by atoms with van der Waals surface area (Å²) in [5.74, 6) is -1.37. The number of likely N-dealkylation sites (N-methyl/N-ethyl adjacent to an activating group) is 1. The van der Waals surface area contributed by atoms with Gasteiger partial charge >= 0.3 is 5.97 Å². The number of halogens is 1. The van der Waals surface area contributed by atoms with Gasteiger partial charge in [-0.1, -0.05) is 0 Å². The molecule has 22 heavy (non-hydrogen) atoms. The summed E-state index contributed by atoms with van der Waals surface area (Å²) in [5.41, 5.74) is 2.41. The van der Waals surface area contributed by atoms with Gasteiger partial charge in [0.25, 0.3) is 0 Å². The molecule has 1 aromatic heterocycles. The lowest BCUT2D eigenvalue weighted by Crippen LogP contribution is -2.28. The second-order valence-corrected chi connectivity index (χ2v) is 5.06. The molecule has 0 fully saturated rings. The molecule has 0 unspecified atom stereocenters. The summed E-state index contributed by atoms with van der Waals surface area (Å²) >= 11 is 0. The summed E-state index contributed by atoms with van der Waals surface area (Å²) in [6, 6.07) is 4.28. The van der Waals surface area contributed by atoms with Crippen LogP contribution in [0.15, 0.2) is 18.2 Å². The second-order valence-electron chi connectivity index (χ2n) is 5.06. The zero-order chi connectivity index (χ0) is 16.3. The molecule has 2 rings (SSSR count). The first-order valence-corrected chi connectivity index (χ1v) is 7.14. The van der Waals surface area contributed by atoms with Gasteiger partial charge in [-0.2, -0.15) is 0 Å². The highest BCUT2D eigenvalue weighted by Crippen LogP contribution is 2.32. The molecule has 0 amide bonds. The molecular weight excluding hydrogens is 287 g/mol. The molecule has 0 aliphatic carbocycles. The van der Waals surface area contributed by atoms with Crippen LogP contribution in [0.5, 0.6) is 0 Å². The second kappa shape index (κ2) is 6.70. The normalized spacial score (nSPS) is 10.9. The van der Waals surface area contributed by atoms with Crippen molar-refractivity contribution < 1.29 is 19.4 Å². The molecule has 6 heteroatoms. The Kier molecular flexibility index (Phi) is 4.92. The molecule has 0 bridgehead atoms. The van der Waals surface area contributed by atoms with Gasteiger partial charge in [0.05, 0.1) is 24.2 Å². The minimum absolute atomic E-state index is 0.0709. The number of carboxylic acids is 1. The molecule has 0 saturated heterocycles. The molecule has 0 atom stereocenters. The van der Waals surface area contributed by atoms with Gasteiger partial charge in [-0.15, -0.1) is 0 Å². The van der Waals surface area contributed by atoms with Crippen molar-refractivity contribution in [2.75, 3.05) is 24.6 Å². The molecule has 2 aromatic rings. The number of rotatable bonds is 6. The van der Waals surface area contributed by atoms with Crippen molar-refractivity contribution in [1.82, 2.24) is 4.98 Å². The van der Waals surface area contributed by atoms with Crippen LogP contribution in [0.2, 0.25) is 0 Å². The van der Waals surface area contributed by atoms with Crippen molar-refractivity contribution in [3.05, 3.63) is 35.3 Å². The summed E-state index contributed by atoms with van der Waals surface area (Å²) in [6.07, 6.45) is -0.192. The zero-order valence-electron chi connectivity index (χ0n) is 12.6. The van der Waals surface area contributed by atoms with Crippen LogP contribution in [0, 0.1) is 12.7 Å². The molecule has 0 spiro atoms. The summed E-state index contributed by atoms with van der Waals surface area (Å²) in [6.45, 7) is 4.50. The first kappa shape index (κ1) is 16.2. The van der Waals surface area contributed by atoms with Crippen LogP contribution in [0.1, 0.15) is 18.2 Å². The average molecular weight is 306 g/mol. The number of aliphatic hydroxyl groups excluding tert-OH is 1. The number of carbonyl (C=O) groups is 1. The highest BCUT2D eigenvalue weighted by Gasteiger charge is 2.19. The van der Waals surface area contributed by atoms with E-state index in [1.807, 2.05) is 11.8 Å². The van der Waals surface area contributed by atoms with Crippen LogP contribution in [-0.2, 0) is 11.2 Å². The van der Waals surface area contributed by atoms with E-state index in [1.54, 1.807) is 13.0 Å². The van der Waals surface area contributed by atoms with Gasteiger partial charge in [0.1, 0.15) is 5.82 Å². The van der Waals surface area contributed by atoms with Gasteiger partial charge in [0.2, 0.25) is 0 Å². The Bertz CT molecular complexity index is 703. The van der Waals surface area contributed by atoms with Crippen LogP contribution in [-0.4, -0.2) is 40.9 Å². The SMILES string of the molecule is CCN(CCO)c1c(CC(=O)O)c(C)nc2ccc(F)cc12. The van der Waals surface area contributed by atoms with E-state index in [2.05, 4.69) is 4.98 Å². The van der Waals surface area contributed by atoms with Crippen LogP contribution in [0.3, 0.4) is 0 Å². The maximum atomic E-state index is 13.7. The molecule has 1 aromatic carbocycles. The largest absolute Gasteiger partial charge is 0.481 e. The van der Waals surface area contributed by atoms with Crippen molar-refractivity contribution in [1.29, 1.82) is 0 Å². The lowest BCUT2D eigenvalue weighted by molar-refractivity contribution is -0.136. The third-order valence-corrected chi connectivity index (χ3v) is 3.62. The summed E-state index contributed by atoms with van der Waals surface area (Å²) in [4.78, 5) is 17.4. The lowest BCUT2D eigenvalue weighted by atomic mass is 10.0. The van der Waals surface area contributed by atoms with Crippen LogP contribution in [0.4, 0.5) is 10.1 Å². The average Bonchev–Trinajstić information content (AvgIpc) is 2.46. The standard InChI is InChI=1S/C16H19FN2O3/c1-3-19(6-7-20)16-12(9-15(21)22)10(2)18-14-5-4-11(17)8-13(14)16/h4-5,8,20H,3,6-7,9H2,1-2H3,(H,21,22). The molecule has 5 nitrogen and oxygen atoms in total. The number of hydrogen-bond acceptors (Lipinski definition) is 4. The number of pyridine rings is 1. The van der Waals surface area contributed by atoms with Gasteiger partial charge < -0.3 is 15.1 Å². The van der Waals surface area contributed by atoms with Crippen LogP contribution < -0.4 is 4.90 Å². The molecule has 118 valence electrons. The van der Waals surface area contributed by atoms with Gasteiger partial charge in [-0.05, 0) is 32.0 Å². The predicted molar refractivity (Wildman–Crippen MR) is 82.8 cm³/mol. The van der Waals surface area contributed by atoms with E-state index in [4.69, 9.17) is 5.11 Å². The third-order valence-electron chi connectivity index (χ3n) is 3.62. The molecule has 0 radical (unpaired) electrons. The van der Waals surface area contributed by atoms with Gasteiger partial charge in [-0.3, -0.25) is 9.78 Å². The third kappa shape index (κ3) is 3.17. The van der Waals surface area contributed by atoms with Crippen molar-refractivity contribution in [2.24, 2.45) is 0 Å². The number of anilines is 1. The number of carboxylic acid groups (broad SMARTS) is 1. The minimum Gasteiger partial charge on any atom is -0.481 e. The summed E-state index contributed by atoms with van der Waals surface area (Å²) < 4.78 is 13.7. The Morgan fingerprint density at radius 1 is 1.41 bits per heavy atom. The highest BCUT2D eigenvalue weighted by molar-refractivity contribution is 5.95. The molecule has 2 N–H and O–H groups in total. The Balaban J connectivity index is 2.78. The molecular formula is C16H19FN2O3. The number of fused-ring (bicyclic) bond motifs is 1. The van der Waals surface area contributed by atoms with Crippen molar-refractivity contribution >= 4 is 22.6 Å². The van der Waals surface area contributed by atoms with Crippen molar-refractivity contribution in [3.63, 3.8) is 0 Å². The fourth-order valence-electron chi connectivity index (χ4n) is 2.65.